The molecule has 0 aliphatic rings. The summed E-state index contributed by atoms with van der Waals surface area (Å²) in [5, 5.41) is 4.33. The lowest BCUT2D eigenvalue weighted by Crippen LogP contribution is -1.83. The van der Waals surface area contributed by atoms with Gasteiger partial charge in [0.15, 0.2) is 0 Å². The Labute approximate surface area is 92.9 Å². The molecule has 0 aromatic carbocycles. The zero-order valence-corrected chi connectivity index (χ0v) is 10.7. The Kier molecular flexibility index (Phi) is 6.43. The predicted octanol–water partition coefficient (Wildman–Crippen LogP) is 4.00. The van der Waals surface area contributed by atoms with E-state index in [1.54, 1.807) is 0 Å². The number of fused-ring (bicyclic) bond motifs is 1. The Hall–Kier alpha value is -1.31. The van der Waals surface area contributed by atoms with Crippen LogP contribution in [0.3, 0.4) is 0 Å². The number of aryl methyl sites for hydroxylation is 2. The second-order valence-corrected chi connectivity index (χ2v) is 2.74. The van der Waals surface area contributed by atoms with E-state index in [0.29, 0.717) is 0 Å². The molecule has 2 aromatic rings. The molecular weight excluding hydrogens is 184 g/mol. The van der Waals surface area contributed by atoms with Crippen molar-refractivity contribution in [3.8, 4) is 0 Å². The van der Waals surface area contributed by atoms with Gasteiger partial charge in [0.1, 0.15) is 0 Å². The van der Waals surface area contributed by atoms with Gasteiger partial charge in [-0.3, -0.25) is 0 Å². The minimum absolute atomic E-state index is 1.11. The van der Waals surface area contributed by atoms with Gasteiger partial charge in [0.05, 0.1) is 11.2 Å². The maximum atomic E-state index is 4.33. The van der Waals surface area contributed by atoms with E-state index in [1.807, 2.05) is 57.5 Å². The van der Waals surface area contributed by atoms with Gasteiger partial charge in [0.25, 0.3) is 0 Å². The van der Waals surface area contributed by atoms with Crippen LogP contribution in [0.15, 0.2) is 24.4 Å². The van der Waals surface area contributed by atoms with Crippen molar-refractivity contribution < 1.29 is 0 Å². The molecule has 0 unspecified atom stereocenters. The van der Waals surface area contributed by atoms with E-state index < -0.39 is 0 Å². The molecule has 0 amide bonds. The van der Waals surface area contributed by atoms with Crippen molar-refractivity contribution in [1.82, 2.24) is 9.61 Å². The first-order chi connectivity index (χ1) is 7.29. The monoisotopic (exact) mass is 206 g/mol. The molecule has 0 saturated carbocycles. The van der Waals surface area contributed by atoms with E-state index in [-0.39, 0.29) is 0 Å². The summed E-state index contributed by atoms with van der Waals surface area (Å²) >= 11 is 0. The summed E-state index contributed by atoms with van der Waals surface area (Å²) in [6.45, 7) is 12.1. The van der Waals surface area contributed by atoms with Gasteiger partial charge in [-0.15, -0.1) is 0 Å². The fourth-order valence-electron chi connectivity index (χ4n) is 1.24. The molecule has 0 aliphatic heterocycles. The average molecular weight is 206 g/mol. The highest BCUT2D eigenvalue weighted by atomic mass is 15.2. The van der Waals surface area contributed by atoms with Crippen LogP contribution >= 0.6 is 0 Å². The van der Waals surface area contributed by atoms with Crippen LogP contribution in [-0.2, 0) is 0 Å². The summed E-state index contributed by atoms with van der Waals surface area (Å²) in [7, 11) is 0. The molecule has 2 heterocycles. The van der Waals surface area contributed by atoms with Crippen molar-refractivity contribution in [2.45, 2.75) is 41.5 Å². The van der Waals surface area contributed by atoms with E-state index in [1.165, 1.54) is 11.1 Å². The molecule has 0 atom stereocenters. The molecule has 0 radical (unpaired) electrons. The SMILES string of the molecule is CC.CC.Cc1nn2ccccc2c1C. The van der Waals surface area contributed by atoms with Gasteiger partial charge in [0.2, 0.25) is 0 Å². The number of rotatable bonds is 0. The van der Waals surface area contributed by atoms with Gasteiger partial charge < -0.3 is 0 Å². The maximum absolute atomic E-state index is 4.33. The summed E-state index contributed by atoms with van der Waals surface area (Å²) in [6.07, 6.45) is 1.97. The normalized spacial score (nSPS) is 8.67. The molecule has 2 heteroatoms. The lowest BCUT2D eigenvalue weighted by molar-refractivity contribution is 0.933. The minimum Gasteiger partial charge on any atom is -0.240 e. The lowest BCUT2D eigenvalue weighted by Gasteiger charge is -1.89. The standard InChI is InChI=1S/C9H10N2.2C2H6/c1-7-8(2)10-11-6-4-3-5-9(7)11;2*1-2/h3-6H,1-2H3;2*1-2H3. The van der Waals surface area contributed by atoms with Crippen LogP contribution in [0.4, 0.5) is 0 Å². The van der Waals surface area contributed by atoms with Crippen molar-refractivity contribution in [2.75, 3.05) is 0 Å². The minimum atomic E-state index is 1.11. The molecular formula is C13H22N2. The van der Waals surface area contributed by atoms with Crippen molar-refractivity contribution in [3.63, 3.8) is 0 Å². The van der Waals surface area contributed by atoms with Crippen LogP contribution in [-0.4, -0.2) is 9.61 Å². The van der Waals surface area contributed by atoms with E-state index in [0.717, 1.165) is 5.69 Å². The Morgan fingerprint density at radius 2 is 1.60 bits per heavy atom. The first kappa shape index (κ1) is 13.7. The third-order valence-corrected chi connectivity index (χ3v) is 2.02. The topological polar surface area (TPSA) is 17.3 Å². The zero-order valence-electron chi connectivity index (χ0n) is 10.7. The summed E-state index contributed by atoms with van der Waals surface area (Å²) < 4.78 is 1.91. The number of hydrogen-bond donors (Lipinski definition) is 0. The second kappa shape index (κ2) is 7.04. The van der Waals surface area contributed by atoms with Crippen LogP contribution in [0.2, 0.25) is 0 Å². The second-order valence-electron chi connectivity index (χ2n) is 2.74. The zero-order chi connectivity index (χ0) is 11.8. The van der Waals surface area contributed by atoms with E-state index >= 15 is 0 Å². The Morgan fingerprint density at radius 3 is 2.13 bits per heavy atom. The molecule has 0 saturated heterocycles. The summed E-state index contributed by atoms with van der Waals surface area (Å²) in [6, 6.07) is 6.09. The Balaban J connectivity index is 0.000000442. The Morgan fingerprint density at radius 1 is 1.00 bits per heavy atom. The maximum Gasteiger partial charge on any atom is 0.0693 e. The molecule has 2 nitrogen and oxygen atoms in total. The van der Waals surface area contributed by atoms with Gasteiger partial charge in [0, 0.05) is 6.20 Å². The summed E-state index contributed by atoms with van der Waals surface area (Å²) in [4.78, 5) is 0. The van der Waals surface area contributed by atoms with Gasteiger partial charge in [-0.05, 0) is 31.5 Å². The van der Waals surface area contributed by atoms with E-state index in [4.69, 9.17) is 0 Å². The van der Waals surface area contributed by atoms with Crippen LogP contribution in [0.5, 0.6) is 0 Å². The quantitative estimate of drug-likeness (QED) is 0.636. The molecule has 0 aliphatic carbocycles. The fourth-order valence-corrected chi connectivity index (χ4v) is 1.24. The van der Waals surface area contributed by atoms with Crippen molar-refractivity contribution in [1.29, 1.82) is 0 Å². The first-order valence-electron chi connectivity index (χ1n) is 5.69. The van der Waals surface area contributed by atoms with Gasteiger partial charge in [-0.2, -0.15) is 5.10 Å². The predicted molar refractivity (Wildman–Crippen MR) is 67.4 cm³/mol. The fraction of sp³-hybridized carbons (Fsp3) is 0.462. The summed E-state index contributed by atoms with van der Waals surface area (Å²) in [5.74, 6) is 0. The molecule has 0 fully saturated rings. The van der Waals surface area contributed by atoms with Crippen molar-refractivity contribution in [3.05, 3.63) is 35.7 Å². The number of aromatic nitrogens is 2. The van der Waals surface area contributed by atoms with Gasteiger partial charge in [-0.25, -0.2) is 4.52 Å². The third-order valence-electron chi connectivity index (χ3n) is 2.02. The largest absolute Gasteiger partial charge is 0.240 e. The molecule has 2 aromatic heterocycles. The molecule has 0 bridgehead atoms. The molecule has 0 spiro atoms. The highest BCUT2D eigenvalue weighted by Crippen LogP contribution is 2.12. The highest BCUT2D eigenvalue weighted by molar-refractivity contribution is 5.55. The van der Waals surface area contributed by atoms with E-state index in [2.05, 4.69) is 18.1 Å². The first-order valence-corrected chi connectivity index (χ1v) is 5.69. The Bertz CT molecular complexity index is 388. The molecule has 84 valence electrons. The van der Waals surface area contributed by atoms with Gasteiger partial charge in [-0.1, -0.05) is 33.8 Å². The summed E-state index contributed by atoms with van der Waals surface area (Å²) in [5.41, 5.74) is 3.58. The number of pyridine rings is 1. The smallest absolute Gasteiger partial charge is 0.0693 e. The number of nitrogens with zero attached hydrogens (tertiary/aromatic N) is 2. The van der Waals surface area contributed by atoms with Crippen LogP contribution < -0.4 is 0 Å². The molecule has 15 heavy (non-hydrogen) atoms. The lowest BCUT2D eigenvalue weighted by atomic mass is 10.2. The van der Waals surface area contributed by atoms with Crippen LogP contribution in [0.25, 0.3) is 5.52 Å². The highest BCUT2D eigenvalue weighted by Gasteiger charge is 2.01. The molecule has 2 rings (SSSR count). The number of hydrogen-bond acceptors (Lipinski definition) is 1. The van der Waals surface area contributed by atoms with Crippen LogP contribution in [0.1, 0.15) is 39.0 Å². The van der Waals surface area contributed by atoms with E-state index in [9.17, 15) is 0 Å². The third kappa shape index (κ3) is 3.08. The van der Waals surface area contributed by atoms with Crippen LogP contribution in [0, 0.1) is 13.8 Å². The molecule has 0 N–H and O–H groups in total. The average Bonchev–Trinajstić information content (AvgIpc) is 2.61. The van der Waals surface area contributed by atoms with Gasteiger partial charge >= 0.3 is 0 Å². The van der Waals surface area contributed by atoms with Crippen molar-refractivity contribution >= 4 is 5.52 Å². The van der Waals surface area contributed by atoms with Crippen molar-refractivity contribution in [2.24, 2.45) is 0 Å².